The Labute approximate surface area is 133 Å². The van der Waals surface area contributed by atoms with Crippen LogP contribution >= 0.6 is 0 Å². The molecule has 0 bridgehead atoms. The van der Waals surface area contributed by atoms with Crippen LogP contribution in [-0.4, -0.2) is 37.8 Å². The minimum atomic E-state index is -0.795. The molecule has 3 rings (SSSR count). The lowest BCUT2D eigenvalue weighted by molar-refractivity contribution is -0.145. The molecule has 0 unspecified atom stereocenters. The first kappa shape index (κ1) is 15.5. The molecular formula is C16H20N4O3. The fraction of sp³-hybridized carbons (Fsp3) is 0.500. The number of carboxylic acids is 1. The van der Waals surface area contributed by atoms with Crippen LogP contribution < -0.4 is 5.32 Å². The van der Waals surface area contributed by atoms with Crippen LogP contribution in [0.1, 0.15) is 48.8 Å². The molecule has 23 heavy (non-hydrogen) atoms. The van der Waals surface area contributed by atoms with Crippen molar-refractivity contribution in [2.24, 2.45) is 5.92 Å². The summed E-state index contributed by atoms with van der Waals surface area (Å²) in [6.07, 6.45) is 2.69. The third-order valence-electron chi connectivity index (χ3n) is 4.32. The minimum Gasteiger partial charge on any atom is -0.481 e. The summed E-state index contributed by atoms with van der Waals surface area (Å²) in [5, 5.41) is 16.9. The van der Waals surface area contributed by atoms with Crippen LogP contribution in [0.3, 0.4) is 0 Å². The zero-order valence-corrected chi connectivity index (χ0v) is 13.4. The predicted molar refractivity (Wildman–Crippen MR) is 84.3 cm³/mol. The van der Waals surface area contributed by atoms with E-state index in [1.165, 1.54) is 0 Å². The minimum absolute atomic E-state index is 0.0721. The van der Waals surface area contributed by atoms with Crippen LogP contribution in [0.5, 0.6) is 0 Å². The fourth-order valence-corrected chi connectivity index (χ4v) is 2.87. The molecule has 0 aliphatic heterocycles. The summed E-state index contributed by atoms with van der Waals surface area (Å²) in [6, 6.07) is 1.92. The van der Waals surface area contributed by atoms with Gasteiger partial charge in [-0.1, -0.05) is 0 Å². The highest BCUT2D eigenvalue weighted by Gasteiger charge is 2.35. The van der Waals surface area contributed by atoms with Crippen molar-refractivity contribution in [3.05, 3.63) is 23.5 Å². The number of aromatic nitrogens is 3. The maximum Gasteiger partial charge on any atom is 0.306 e. The number of aliphatic carboxylic acids is 1. The van der Waals surface area contributed by atoms with Gasteiger partial charge < -0.3 is 10.4 Å². The van der Waals surface area contributed by atoms with Gasteiger partial charge in [-0.2, -0.15) is 5.10 Å². The first-order chi connectivity index (χ1) is 10.9. The van der Waals surface area contributed by atoms with Gasteiger partial charge in [-0.15, -0.1) is 0 Å². The van der Waals surface area contributed by atoms with Crippen molar-refractivity contribution in [1.29, 1.82) is 0 Å². The lowest BCUT2D eigenvalue weighted by Crippen LogP contribution is -2.46. The van der Waals surface area contributed by atoms with E-state index in [1.54, 1.807) is 19.2 Å². The van der Waals surface area contributed by atoms with Gasteiger partial charge in [0.25, 0.3) is 5.91 Å². The normalized spacial score (nSPS) is 20.5. The molecule has 0 radical (unpaired) electrons. The van der Waals surface area contributed by atoms with Gasteiger partial charge in [-0.05, 0) is 39.7 Å². The molecule has 1 amide bonds. The zero-order chi connectivity index (χ0) is 16.7. The Kier molecular flexibility index (Phi) is 3.79. The summed E-state index contributed by atoms with van der Waals surface area (Å²) >= 11 is 0. The fourth-order valence-electron chi connectivity index (χ4n) is 2.87. The average molecular weight is 316 g/mol. The van der Waals surface area contributed by atoms with Gasteiger partial charge in [-0.25, -0.2) is 9.67 Å². The molecule has 7 heteroatoms. The number of amides is 1. The Morgan fingerprint density at radius 1 is 1.39 bits per heavy atom. The van der Waals surface area contributed by atoms with Crippen molar-refractivity contribution in [2.75, 3.05) is 0 Å². The third kappa shape index (κ3) is 2.78. The molecule has 0 aromatic carbocycles. The quantitative estimate of drug-likeness (QED) is 0.898. The van der Waals surface area contributed by atoms with Crippen molar-refractivity contribution in [1.82, 2.24) is 20.1 Å². The van der Waals surface area contributed by atoms with Gasteiger partial charge in [0.05, 0.1) is 23.4 Å². The second kappa shape index (κ2) is 5.64. The Morgan fingerprint density at radius 3 is 2.70 bits per heavy atom. The molecular weight excluding hydrogens is 296 g/mol. The summed E-state index contributed by atoms with van der Waals surface area (Å²) in [4.78, 5) is 27.7. The number of carboxylic acid groups (broad SMARTS) is 1. The van der Waals surface area contributed by atoms with Gasteiger partial charge in [0.1, 0.15) is 0 Å². The number of carbonyl (C=O) groups is 2. The maximum atomic E-state index is 12.4. The Balaban J connectivity index is 1.79. The van der Waals surface area contributed by atoms with Crippen molar-refractivity contribution >= 4 is 22.9 Å². The highest BCUT2D eigenvalue weighted by molar-refractivity contribution is 5.98. The largest absolute Gasteiger partial charge is 0.481 e. The van der Waals surface area contributed by atoms with Crippen LogP contribution in [0.25, 0.3) is 11.0 Å². The van der Waals surface area contributed by atoms with E-state index < -0.39 is 5.97 Å². The highest BCUT2D eigenvalue weighted by Crippen LogP contribution is 2.28. The third-order valence-corrected chi connectivity index (χ3v) is 4.32. The van der Waals surface area contributed by atoms with Crippen molar-refractivity contribution in [2.45, 2.75) is 45.7 Å². The summed E-state index contributed by atoms with van der Waals surface area (Å²) in [5.41, 5.74) is 1.93. The molecule has 7 nitrogen and oxygen atoms in total. The van der Waals surface area contributed by atoms with Gasteiger partial charge in [0.2, 0.25) is 0 Å². The average Bonchev–Trinajstić information content (AvgIpc) is 2.83. The molecule has 0 saturated heterocycles. The molecule has 0 atom stereocenters. The SMILES string of the molecule is Cc1nc2c(cnn2C(C)C)cc1C(=O)NC1CC(C(=O)O)C1. The van der Waals surface area contributed by atoms with E-state index in [2.05, 4.69) is 15.4 Å². The summed E-state index contributed by atoms with van der Waals surface area (Å²) in [6.45, 7) is 5.85. The molecule has 2 aromatic rings. The van der Waals surface area contributed by atoms with Gasteiger partial charge >= 0.3 is 5.97 Å². The number of fused-ring (bicyclic) bond motifs is 1. The number of nitrogens with zero attached hydrogens (tertiary/aromatic N) is 3. The van der Waals surface area contributed by atoms with Gasteiger partial charge in [0.15, 0.2) is 5.65 Å². The standard InChI is InChI=1S/C16H20N4O3/c1-8(2)20-14-11(7-17-20)6-13(9(3)18-14)15(21)19-12-4-10(5-12)16(22)23/h6-8,10,12H,4-5H2,1-3H3,(H,19,21)(H,22,23). The van der Waals surface area contributed by atoms with Crippen molar-refractivity contribution in [3.63, 3.8) is 0 Å². The number of nitrogens with one attached hydrogen (secondary N) is 1. The molecule has 1 fully saturated rings. The predicted octanol–water partition coefficient (Wildman–Crippen LogP) is 1.91. The lowest BCUT2D eigenvalue weighted by Gasteiger charge is -2.32. The van der Waals surface area contributed by atoms with Crippen LogP contribution in [0.15, 0.2) is 12.3 Å². The zero-order valence-electron chi connectivity index (χ0n) is 13.4. The molecule has 0 spiro atoms. The van der Waals surface area contributed by atoms with E-state index in [0.29, 0.717) is 24.1 Å². The number of pyridine rings is 1. The lowest BCUT2D eigenvalue weighted by atomic mass is 9.80. The van der Waals surface area contributed by atoms with Gasteiger partial charge in [0, 0.05) is 17.5 Å². The van der Waals surface area contributed by atoms with E-state index in [1.807, 2.05) is 18.5 Å². The first-order valence-corrected chi connectivity index (χ1v) is 7.75. The second-order valence-electron chi connectivity index (χ2n) is 6.39. The number of rotatable bonds is 4. The first-order valence-electron chi connectivity index (χ1n) is 7.75. The molecule has 2 heterocycles. The molecule has 122 valence electrons. The Hall–Kier alpha value is -2.44. The van der Waals surface area contributed by atoms with Crippen molar-refractivity contribution in [3.8, 4) is 0 Å². The monoisotopic (exact) mass is 316 g/mol. The Morgan fingerprint density at radius 2 is 2.09 bits per heavy atom. The number of carbonyl (C=O) groups excluding carboxylic acids is 1. The van der Waals surface area contributed by atoms with Crippen LogP contribution in [0.4, 0.5) is 0 Å². The van der Waals surface area contributed by atoms with E-state index >= 15 is 0 Å². The van der Waals surface area contributed by atoms with Crippen molar-refractivity contribution < 1.29 is 14.7 Å². The summed E-state index contributed by atoms with van der Waals surface area (Å²) in [5.74, 6) is -1.34. The van der Waals surface area contributed by atoms with E-state index in [-0.39, 0.29) is 23.9 Å². The van der Waals surface area contributed by atoms with Gasteiger partial charge in [-0.3, -0.25) is 9.59 Å². The second-order valence-corrected chi connectivity index (χ2v) is 6.39. The maximum absolute atomic E-state index is 12.4. The summed E-state index contributed by atoms with van der Waals surface area (Å²) < 4.78 is 1.83. The number of hydrogen-bond donors (Lipinski definition) is 2. The summed E-state index contributed by atoms with van der Waals surface area (Å²) in [7, 11) is 0. The van der Waals surface area contributed by atoms with E-state index in [4.69, 9.17) is 5.11 Å². The van der Waals surface area contributed by atoms with Crippen LogP contribution in [-0.2, 0) is 4.79 Å². The van der Waals surface area contributed by atoms with Crippen LogP contribution in [0, 0.1) is 12.8 Å². The molecule has 1 saturated carbocycles. The molecule has 1 aliphatic rings. The topological polar surface area (TPSA) is 97.1 Å². The van der Waals surface area contributed by atoms with E-state index in [0.717, 1.165) is 11.0 Å². The number of hydrogen-bond acceptors (Lipinski definition) is 4. The molecule has 1 aliphatic carbocycles. The van der Waals surface area contributed by atoms with E-state index in [9.17, 15) is 9.59 Å². The van der Waals surface area contributed by atoms with Crippen LogP contribution in [0.2, 0.25) is 0 Å². The molecule has 2 aromatic heterocycles. The smallest absolute Gasteiger partial charge is 0.306 e. The molecule has 2 N–H and O–H groups in total. The number of aryl methyl sites for hydroxylation is 1. The Bertz CT molecular complexity index is 775. The highest BCUT2D eigenvalue weighted by atomic mass is 16.4.